The number of carbonyl (C=O) groups excluding carboxylic acids is 3. The number of rotatable bonds is 3. The van der Waals surface area contributed by atoms with Gasteiger partial charge in [0.25, 0.3) is 17.7 Å². The largest absolute Gasteiger partial charge is 0.346 e. The summed E-state index contributed by atoms with van der Waals surface area (Å²) in [5, 5.41) is 3.00. The molecule has 5 nitrogen and oxygen atoms in total. The molecule has 1 unspecified atom stereocenters. The molecule has 0 saturated heterocycles. The SMILES string of the molecule is CC(NC(=O)c1ccc2c(c1)C(=O)N(C)C2=O)c1ccc2c(c1)CCCC2. The number of aryl methyl sites for hydroxylation is 2. The van der Waals surface area contributed by atoms with Crippen molar-refractivity contribution in [2.24, 2.45) is 0 Å². The Morgan fingerprint density at radius 3 is 2.44 bits per heavy atom. The summed E-state index contributed by atoms with van der Waals surface area (Å²) in [5.74, 6) is -0.949. The highest BCUT2D eigenvalue weighted by Gasteiger charge is 2.33. The van der Waals surface area contributed by atoms with Crippen LogP contribution in [-0.4, -0.2) is 29.7 Å². The zero-order chi connectivity index (χ0) is 19.1. The van der Waals surface area contributed by atoms with Gasteiger partial charge in [-0.15, -0.1) is 0 Å². The third-order valence-corrected chi connectivity index (χ3v) is 5.57. The van der Waals surface area contributed by atoms with E-state index in [-0.39, 0.29) is 29.3 Å². The van der Waals surface area contributed by atoms with Crippen LogP contribution in [0.4, 0.5) is 0 Å². The molecule has 0 saturated carbocycles. The maximum absolute atomic E-state index is 12.7. The molecule has 0 bridgehead atoms. The molecule has 3 amide bonds. The van der Waals surface area contributed by atoms with Crippen LogP contribution in [0, 0.1) is 0 Å². The lowest BCUT2D eigenvalue weighted by molar-refractivity contribution is 0.0693. The Balaban J connectivity index is 1.53. The van der Waals surface area contributed by atoms with E-state index >= 15 is 0 Å². The van der Waals surface area contributed by atoms with Crippen molar-refractivity contribution in [3.8, 4) is 0 Å². The Bertz CT molecular complexity index is 964. The molecule has 0 radical (unpaired) electrons. The van der Waals surface area contributed by atoms with Crippen molar-refractivity contribution in [1.82, 2.24) is 10.2 Å². The number of imide groups is 1. The van der Waals surface area contributed by atoms with E-state index in [9.17, 15) is 14.4 Å². The summed E-state index contributed by atoms with van der Waals surface area (Å²) in [6.07, 6.45) is 4.69. The summed E-state index contributed by atoms with van der Waals surface area (Å²) in [4.78, 5) is 37.8. The molecule has 1 aliphatic carbocycles. The molecule has 2 aromatic rings. The number of hydrogen-bond donors (Lipinski definition) is 1. The maximum Gasteiger partial charge on any atom is 0.261 e. The van der Waals surface area contributed by atoms with Gasteiger partial charge in [0.1, 0.15) is 0 Å². The van der Waals surface area contributed by atoms with E-state index in [1.807, 2.05) is 6.92 Å². The van der Waals surface area contributed by atoms with Gasteiger partial charge in [-0.3, -0.25) is 19.3 Å². The van der Waals surface area contributed by atoms with Crippen LogP contribution in [-0.2, 0) is 12.8 Å². The molecular weight excluding hydrogens is 340 g/mol. The van der Waals surface area contributed by atoms with E-state index in [2.05, 4.69) is 23.5 Å². The number of hydrogen-bond acceptors (Lipinski definition) is 3. The summed E-state index contributed by atoms with van der Waals surface area (Å²) in [7, 11) is 1.45. The van der Waals surface area contributed by atoms with Gasteiger partial charge in [-0.1, -0.05) is 18.2 Å². The molecule has 27 heavy (non-hydrogen) atoms. The highest BCUT2D eigenvalue weighted by atomic mass is 16.2. The van der Waals surface area contributed by atoms with E-state index in [0.29, 0.717) is 11.1 Å². The van der Waals surface area contributed by atoms with Crippen molar-refractivity contribution in [2.75, 3.05) is 7.05 Å². The summed E-state index contributed by atoms with van der Waals surface area (Å²) < 4.78 is 0. The fraction of sp³-hybridized carbons (Fsp3) is 0.318. The Hall–Kier alpha value is -2.95. The quantitative estimate of drug-likeness (QED) is 0.852. The monoisotopic (exact) mass is 362 g/mol. The van der Waals surface area contributed by atoms with Crippen molar-refractivity contribution in [2.45, 2.75) is 38.6 Å². The summed E-state index contributed by atoms with van der Waals surface area (Å²) in [6, 6.07) is 11.0. The molecule has 2 aliphatic rings. The smallest absolute Gasteiger partial charge is 0.261 e. The first-order valence-electron chi connectivity index (χ1n) is 9.34. The van der Waals surface area contributed by atoms with Gasteiger partial charge >= 0.3 is 0 Å². The van der Waals surface area contributed by atoms with E-state index in [4.69, 9.17) is 0 Å². The van der Waals surface area contributed by atoms with Crippen LogP contribution in [0.5, 0.6) is 0 Å². The first-order valence-corrected chi connectivity index (χ1v) is 9.34. The fourth-order valence-electron chi connectivity index (χ4n) is 3.89. The molecule has 4 rings (SSSR count). The van der Waals surface area contributed by atoms with E-state index in [1.54, 1.807) is 12.1 Å². The predicted octanol–water partition coefficient (Wildman–Crippen LogP) is 3.28. The minimum absolute atomic E-state index is 0.141. The van der Waals surface area contributed by atoms with E-state index < -0.39 is 0 Å². The molecule has 5 heteroatoms. The van der Waals surface area contributed by atoms with Crippen molar-refractivity contribution in [3.63, 3.8) is 0 Å². The molecule has 1 atom stereocenters. The van der Waals surface area contributed by atoms with E-state index in [0.717, 1.165) is 23.3 Å². The minimum Gasteiger partial charge on any atom is -0.346 e. The maximum atomic E-state index is 12.7. The second-order valence-electron chi connectivity index (χ2n) is 7.36. The van der Waals surface area contributed by atoms with Gasteiger partial charge in [-0.2, -0.15) is 0 Å². The number of amides is 3. The van der Waals surface area contributed by atoms with Crippen molar-refractivity contribution in [1.29, 1.82) is 0 Å². The summed E-state index contributed by atoms with van der Waals surface area (Å²) in [5.41, 5.74) is 4.89. The van der Waals surface area contributed by atoms with Gasteiger partial charge in [0.15, 0.2) is 0 Å². The molecule has 0 aromatic heterocycles. The number of benzene rings is 2. The van der Waals surface area contributed by atoms with Crippen LogP contribution >= 0.6 is 0 Å². The van der Waals surface area contributed by atoms with Crippen LogP contribution in [0.15, 0.2) is 36.4 Å². The third kappa shape index (κ3) is 3.03. The van der Waals surface area contributed by atoms with Gasteiger partial charge in [-0.05, 0) is 67.5 Å². The third-order valence-electron chi connectivity index (χ3n) is 5.57. The molecule has 1 aliphatic heterocycles. The number of nitrogens with zero attached hydrogens (tertiary/aromatic N) is 1. The molecular formula is C22H22N2O3. The Labute approximate surface area is 158 Å². The zero-order valence-corrected chi connectivity index (χ0v) is 15.5. The molecule has 0 fully saturated rings. The predicted molar refractivity (Wildman–Crippen MR) is 102 cm³/mol. The fourth-order valence-corrected chi connectivity index (χ4v) is 3.89. The zero-order valence-electron chi connectivity index (χ0n) is 15.5. The highest BCUT2D eigenvalue weighted by Crippen LogP contribution is 2.26. The van der Waals surface area contributed by atoms with Crippen molar-refractivity contribution >= 4 is 17.7 Å². The van der Waals surface area contributed by atoms with Crippen molar-refractivity contribution < 1.29 is 14.4 Å². The van der Waals surface area contributed by atoms with Gasteiger partial charge in [0.2, 0.25) is 0 Å². The highest BCUT2D eigenvalue weighted by molar-refractivity contribution is 6.21. The normalized spacial score (nSPS) is 16.7. The average molecular weight is 362 g/mol. The first-order chi connectivity index (χ1) is 13.0. The van der Waals surface area contributed by atoms with Crippen LogP contribution in [0.25, 0.3) is 0 Å². The lowest BCUT2D eigenvalue weighted by Crippen LogP contribution is -2.27. The number of carbonyl (C=O) groups is 3. The van der Waals surface area contributed by atoms with Crippen LogP contribution in [0.2, 0.25) is 0 Å². The Morgan fingerprint density at radius 1 is 0.963 bits per heavy atom. The summed E-state index contributed by atoms with van der Waals surface area (Å²) in [6.45, 7) is 1.96. The molecule has 2 aromatic carbocycles. The van der Waals surface area contributed by atoms with Crippen LogP contribution in [0.3, 0.4) is 0 Å². The second kappa shape index (κ2) is 6.65. The minimum atomic E-state index is -0.368. The second-order valence-corrected chi connectivity index (χ2v) is 7.36. The lowest BCUT2D eigenvalue weighted by Gasteiger charge is -2.20. The first kappa shape index (κ1) is 17.5. The Kier molecular flexibility index (Phi) is 4.30. The van der Waals surface area contributed by atoms with Crippen LogP contribution < -0.4 is 5.32 Å². The van der Waals surface area contributed by atoms with E-state index in [1.165, 1.54) is 37.1 Å². The summed E-state index contributed by atoms with van der Waals surface area (Å²) >= 11 is 0. The standard InChI is InChI=1S/C22H22N2O3/c1-13(15-8-7-14-5-3-4-6-16(14)11-15)23-20(25)17-9-10-18-19(12-17)22(27)24(2)21(18)26/h7-13H,3-6H2,1-2H3,(H,23,25). The molecule has 1 N–H and O–H groups in total. The van der Waals surface area contributed by atoms with Gasteiger partial charge in [-0.25, -0.2) is 0 Å². The molecule has 0 spiro atoms. The van der Waals surface area contributed by atoms with Gasteiger partial charge in [0.05, 0.1) is 17.2 Å². The Morgan fingerprint density at radius 2 is 1.67 bits per heavy atom. The number of fused-ring (bicyclic) bond motifs is 2. The topological polar surface area (TPSA) is 66.5 Å². The molecule has 138 valence electrons. The van der Waals surface area contributed by atoms with Crippen molar-refractivity contribution in [3.05, 3.63) is 69.8 Å². The van der Waals surface area contributed by atoms with Gasteiger partial charge in [0, 0.05) is 12.6 Å². The lowest BCUT2D eigenvalue weighted by atomic mass is 9.89. The van der Waals surface area contributed by atoms with Crippen LogP contribution in [0.1, 0.15) is 73.6 Å². The molecule has 1 heterocycles. The van der Waals surface area contributed by atoms with Gasteiger partial charge < -0.3 is 5.32 Å². The number of nitrogens with one attached hydrogen (secondary N) is 1. The average Bonchev–Trinajstić information content (AvgIpc) is 2.91.